The molecular weight excluding hydrogens is 471 g/mol. The van der Waals surface area contributed by atoms with Crippen molar-refractivity contribution in [1.82, 2.24) is 4.90 Å². The number of phosphoric ester groups is 1. The number of likely N-dealkylation sites (tertiary alicyclic amines) is 1. The van der Waals surface area contributed by atoms with Crippen molar-refractivity contribution in [2.24, 2.45) is 0 Å². The van der Waals surface area contributed by atoms with Crippen LogP contribution in [0.2, 0.25) is 5.02 Å². The molecule has 4 rings (SSSR count). The maximum absolute atomic E-state index is 13.0. The molecule has 3 atom stereocenters. The Kier molecular flexibility index (Phi) is 6.35. The van der Waals surface area contributed by atoms with E-state index in [1.807, 2.05) is 19.8 Å². The van der Waals surface area contributed by atoms with E-state index in [-0.39, 0.29) is 40.5 Å². The van der Waals surface area contributed by atoms with Gasteiger partial charge in [-0.3, -0.25) is 14.6 Å². The Balaban J connectivity index is 2.06. The average Bonchev–Trinajstić information content (AvgIpc) is 2.70. The van der Waals surface area contributed by atoms with E-state index in [2.05, 4.69) is 0 Å². The van der Waals surface area contributed by atoms with Crippen LogP contribution in [0, 0.1) is 0 Å². The minimum absolute atomic E-state index is 0.00336. The second kappa shape index (κ2) is 8.79. The molecule has 0 aliphatic carbocycles. The highest BCUT2D eigenvalue weighted by Gasteiger charge is 2.37. The van der Waals surface area contributed by atoms with Crippen LogP contribution in [0.25, 0.3) is 22.3 Å². The van der Waals surface area contributed by atoms with E-state index < -0.39 is 31.0 Å². The quantitative estimate of drug-likeness (QED) is 0.317. The molecule has 2 heterocycles. The Morgan fingerprint density at radius 2 is 1.97 bits per heavy atom. The van der Waals surface area contributed by atoms with Crippen molar-refractivity contribution >= 4 is 38.2 Å². The first-order chi connectivity index (χ1) is 15.5. The van der Waals surface area contributed by atoms with E-state index in [0.717, 1.165) is 6.07 Å². The van der Waals surface area contributed by atoms with Crippen molar-refractivity contribution in [1.29, 1.82) is 0 Å². The van der Waals surface area contributed by atoms with Crippen molar-refractivity contribution in [3.8, 4) is 22.8 Å². The molecule has 1 saturated heterocycles. The van der Waals surface area contributed by atoms with Gasteiger partial charge in [0.1, 0.15) is 36.1 Å². The number of phosphoric acid groups is 1. The van der Waals surface area contributed by atoms with Gasteiger partial charge in [0.2, 0.25) is 0 Å². The molecule has 1 aliphatic heterocycles. The number of hydrogen-bond donors (Lipinski definition) is 4. The summed E-state index contributed by atoms with van der Waals surface area (Å²) in [7, 11) is -1.25. The van der Waals surface area contributed by atoms with Gasteiger partial charge in [-0.05, 0) is 31.5 Å². The molecule has 0 saturated carbocycles. The maximum Gasteiger partial charge on any atom is 0.524 e. The maximum atomic E-state index is 13.0. The Morgan fingerprint density at radius 1 is 1.27 bits per heavy atom. The molecule has 33 heavy (non-hydrogen) atoms. The predicted octanol–water partition coefficient (Wildman–Crippen LogP) is 2.03. The molecular formula is C21H22BClNO8P. The molecule has 0 amide bonds. The van der Waals surface area contributed by atoms with Crippen LogP contribution in [0.3, 0.4) is 0 Å². The number of phenols is 1. The number of rotatable bonds is 4. The second-order valence-electron chi connectivity index (χ2n) is 8.25. The van der Waals surface area contributed by atoms with E-state index in [0.29, 0.717) is 17.0 Å². The summed E-state index contributed by atoms with van der Waals surface area (Å²) in [6, 6.07) is 8.84. The summed E-state index contributed by atoms with van der Waals surface area (Å²) in [5, 5.41) is 21.5. The van der Waals surface area contributed by atoms with E-state index in [9.17, 15) is 29.4 Å². The lowest BCUT2D eigenvalue weighted by Crippen LogP contribution is -2.47. The summed E-state index contributed by atoms with van der Waals surface area (Å²) in [6.45, 7) is 0.276. The summed E-state index contributed by atoms with van der Waals surface area (Å²) in [5.74, 6) is -1.52. The first kappa shape index (κ1) is 23.8. The minimum Gasteiger partial charge on any atom is -0.507 e. The number of benzene rings is 2. The highest BCUT2D eigenvalue weighted by atomic mass is 35.5. The number of aliphatic hydroxyl groups excluding tert-OH is 1. The molecule has 1 fully saturated rings. The third kappa shape index (κ3) is 4.68. The number of β-amino-alcohol motifs (C(OH)–C–C–N with tert-alkyl or cyclic N) is 1. The van der Waals surface area contributed by atoms with Crippen LogP contribution in [0.1, 0.15) is 17.9 Å². The molecule has 174 valence electrons. The van der Waals surface area contributed by atoms with Crippen LogP contribution in [0.5, 0.6) is 11.5 Å². The molecule has 9 nitrogen and oxygen atoms in total. The Bertz CT molecular complexity index is 1330. The van der Waals surface area contributed by atoms with Gasteiger partial charge in [-0.1, -0.05) is 23.7 Å². The molecule has 3 aromatic rings. The van der Waals surface area contributed by atoms with Gasteiger partial charge in [0, 0.05) is 35.7 Å². The van der Waals surface area contributed by atoms with Crippen molar-refractivity contribution in [3.63, 3.8) is 0 Å². The average molecular weight is 494 g/mol. The number of aromatic hydroxyl groups is 1. The molecule has 1 aliphatic rings. The van der Waals surface area contributed by atoms with Crippen molar-refractivity contribution in [2.75, 3.05) is 13.6 Å². The SMILES string of the molecule is BC1C[C@H](c2c(OP(=O)(O)O)cc(O)c3c(=O)cc(-c4ccccc4Cl)oc23)[C@H](O)CN1C. The fourth-order valence-corrected chi connectivity index (χ4v) is 4.91. The number of nitrogens with zero attached hydrogens (tertiary/aromatic N) is 1. The molecule has 0 spiro atoms. The van der Waals surface area contributed by atoms with Crippen LogP contribution >= 0.6 is 19.4 Å². The van der Waals surface area contributed by atoms with Crippen LogP contribution in [0.15, 0.2) is 45.6 Å². The van der Waals surface area contributed by atoms with Crippen LogP contribution in [0.4, 0.5) is 0 Å². The topological polar surface area (TPSA) is 141 Å². The number of aliphatic hydroxyl groups is 1. The van der Waals surface area contributed by atoms with Crippen molar-refractivity contribution in [3.05, 3.63) is 57.2 Å². The third-order valence-corrected chi connectivity index (χ3v) is 6.76. The van der Waals surface area contributed by atoms with Gasteiger partial charge in [-0.15, -0.1) is 0 Å². The van der Waals surface area contributed by atoms with Gasteiger partial charge in [0.25, 0.3) is 0 Å². The number of halogens is 1. The fraction of sp³-hybridized carbons (Fsp3) is 0.286. The summed E-state index contributed by atoms with van der Waals surface area (Å²) >= 11 is 6.27. The lowest BCUT2D eigenvalue weighted by atomic mass is 9.76. The fourth-order valence-electron chi connectivity index (χ4n) is 4.28. The van der Waals surface area contributed by atoms with Gasteiger partial charge >= 0.3 is 7.82 Å². The largest absolute Gasteiger partial charge is 0.524 e. The van der Waals surface area contributed by atoms with Gasteiger partial charge < -0.3 is 24.1 Å². The highest BCUT2D eigenvalue weighted by Crippen LogP contribution is 2.48. The second-order valence-corrected chi connectivity index (χ2v) is 9.82. The molecule has 4 N–H and O–H groups in total. The lowest BCUT2D eigenvalue weighted by molar-refractivity contribution is 0.0527. The zero-order valence-corrected chi connectivity index (χ0v) is 19.5. The van der Waals surface area contributed by atoms with Gasteiger partial charge in [-0.25, -0.2) is 4.57 Å². The van der Waals surface area contributed by atoms with E-state index in [4.69, 9.17) is 20.5 Å². The molecule has 2 aromatic carbocycles. The van der Waals surface area contributed by atoms with Crippen molar-refractivity contribution in [2.45, 2.75) is 24.4 Å². The van der Waals surface area contributed by atoms with Crippen molar-refractivity contribution < 1.29 is 33.5 Å². The smallest absolute Gasteiger partial charge is 0.507 e. The first-order valence-electron chi connectivity index (χ1n) is 10.2. The number of likely N-dealkylation sites (N-methyl/N-ethyl adjacent to an activating group) is 1. The van der Waals surface area contributed by atoms with Gasteiger partial charge in [0.15, 0.2) is 5.43 Å². The van der Waals surface area contributed by atoms with Gasteiger partial charge in [-0.2, -0.15) is 0 Å². The first-order valence-corrected chi connectivity index (χ1v) is 12.1. The Labute approximate surface area is 194 Å². The minimum atomic E-state index is -5.04. The van der Waals surface area contributed by atoms with Gasteiger partial charge in [0.05, 0.1) is 11.1 Å². The summed E-state index contributed by atoms with van der Waals surface area (Å²) in [5.41, 5.74) is -0.184. The summed E-state index contributed by atoms with van der Waals surface area (Å²) in [6.07, 6.45) is -0.568. The number of piperidine rings is 1. The lowest BCUT2D eigenvalue weighted by Gasteiger charge is -2.39. The highest BCUT2D eigenvalue weighted by molar-refractivity contribution is 7.46. The van der Waals surface area contributed by atoms with E-state index in [1.165, 1.54) is 6.07 Å². The third-order valence-electron chi connectivity index (χ3n) is 6.00. The molecule has 1 unspecified atom stereocenters. The molecule has 1 aromatic heterocycles. The molecule has 0 radical (unpaired) electrons. The monoisotopic (exact) mass is 493 g/mol. The van der Waals surface area contributed by atoms with E-state index in [1.54, 1.807) is 24.3 Å². The Hall–Kier alpha value is -2.33. The molecule has 0 bridgehead atoms. The summed E-state index contributed by atoms with van der Waals surface area (Å²) in [4.78, 5) is 33.9. The zero-order valence-electron chi connectivity index (χ0n) is 17.8. The number of phenolic OH excluding ortho intramolecular Hbond substituents is 1. The molecule has 12 heteroatoms. The summed E-state index contributed by atoms with van der Waals surface area (Å²) < 4.78 is 22.6. The van der Waals surface area contributed by atoms with Crippen LogP contribution < -0.4 is 9.95 Å². The normalized spacial score (nSPS) is 21.9. The zero-order chi connectivity index (χ0) is 24.1. The van der Waals surface area contributed by atoms with E-state index >= 15 is 0 Å². The Morgan fingerprint density at radius 3 is 2.64 bits per heavy atom. The number of hydrogen-bond acceptors (Lipinski definition) is 7. The van der Waals surface area contributed by atoms with Crippen LogP contribution in [-0.2, 0) is 4.57 Å². The standard InChI is InChI=1S/C21H22BClNO8P/c1-24-9-15(27)11(6-18(24)22)19-17(32-33(28,29)30)8-14(26)20-13(25)7-16(31-21(19)20)10-4-2-3-5-12(10)23/h2-5,7-8,11,15,18,26-27H,6,9,22H2,1H3,(H2,28,29,30)/t11-,15+,18?/m0/s1. The van der Waals surface area contributed by atoms with Crippen LogP contribution in [-0.4, -0.2) is 58.4 Å². The predicted molar refractivity (Wildman–Crippen MR) is 126 cm³/mol. The number of fused-ring (bicyclic) bond motifs is 1.